The van der Waals surface area contributed by atoms with E-state index in [1.807, 2.05) is 0 Å². The number of aromatic nitrogens is 1. The normalized spacial score (nSPS) is 10.7. The van der Waals surface area contributed by atoms with Crippen LogP contribution in [-0.2, 0) is 11.4 Å². The number of pyridine rings is 1. The number of carboxylic acid groups (broad SMARTS) is 1. The molecule has 20 heavy (non-hydrogen) atoms. The fourth-order valence-electron chi connectivity index (χ4n) is 1.60. The van der Waals surface area contributed by atoms with Crippen molar-refractivity contribution < 1.29 is 19.0 Å². The third-order valence-corrected chi connectivity index (χ3v) is 2.54. The maximum Gasteiger partial charge on any atom is 0.328 e. The molecule has 0 atom stereocenters. The number of para-hydroxylation sites is 1. The first-order valence-electron chi connectivity index (χ1n) is 5.88. The van der Waals surface area contributed by atoms with E-state index in [1.165, 1.54) is 18.2 Å². The van der Waals surface area contributed by atoms with Crippen LogP contribution in [0.25, 0.3) is 6.08 Å². The van der Waals surface area contributed by atoms with E-state index in [1.54, 1.807) is 30.6 Å². The van der Waals surface area contributed by atoms with Crippen molar-refractivity contribution in [2.75, 3.05) is 0 Å². The van der Waals surface area contributed by atoms with Crippen LogP contribution in [0.1, 0.15) is 11.1 Å². The molecule has 0 aliphatic rings. The van der Waals surface area contributed by atoms with Crippen LogP contribution in [0, 0.1) is 5.82 Å². The molecular formula is C15H12FNO3. The molecule has 0 aliphatic heterocycles. The van der Waals surface area contributed by atoms with E-state index in [2.05, 4.69) is 4.98 Å². The molecule has 102 valence electrons. The van der Waals surface area contributed by atoms with Gasteiger partial charge in [-0.2, -0.15) is 0 Å². The first-order chi connectivity index (χ1) is 9.66. The number of carboxylic acids is 1. The van der Waals surface area contributed by atoms with E-state index in [-0.39, 0.29) is 12.4 Å². The van der Waals surface area contributed by atoms with Crippen LogP contribution in [0.4, 0.5) is 4.39 Å². The number of ether oxygens (including phenoxy) is 1. The lowest BCUT2D eigenvalue weighted by atomic mass is 10.1. The highest BCUT2D eigenvalue weighted by atomic mass is 19.1. The second-order valence-electron chi connectivity index (χ2n) is 3.97. The molecular weight excluding hydrogens is 261 g/mol. The maximum atomic E-state index is 13.8. The molecule has 5 heteroatoms. The molecule has 1 heterocycles. The van der Waals surface area contributed by atoms with Gasteiger partial charge >= 0.3 is 5.97 Å². The second-order valence-corrected chi connectivity index (χ2v) is 3.97. The molecule has 2 aromatic rings. The van der Waals surface area contributed by atoms with E-state index in [0.29, 0.717) is 5.56 Å². The third-order valence-electron chi connectivity index (χ3n) is 2.54. The van der Waals surface area contributed by atoms with Crippen molar-refractivity contribution >= 4 is 12.0 Å². The summed E-state index contributed by atoms with van der Waals surface area (Å²) >= 11 is 0. The highest BCUT2D eigenvalue weighted by Crippen LogP contribution is 2.25. The Morgan fingerprint density at radius 3 is 2.75 bits per heavy atom. The Kier molecular flexibility index (Phi) is 4.44. The van der Waals surface area contributed by atoms with Crippen LogP contribution < -0.4 is 4.74 Å². The van der Waals surface area contributed by atoms with Crippen LogP contribution >= 0.6 is 0 Å². The summed E-state index contributed by atoms with van der Waals surface area (Å²) in [5.74, 6) is -1.61. The molecule has 1 N–H and O–H groups in total. The molecule has 0 radical (unpaired) electrons. The number of nitrogens with zero attached hydrogens (tertiary/aromatic N) is 1. The Hall–Kier alpha value is -2.69. The van der Waals surface area contributed by atoms with Crippen molar-refractivity contribution in [2.24, 2.45) is 0 Å². The number of hydrogen-bond donors (Lipinski definition) is 1. The van der Waals surface area contributed by atoms with Crippen LogP contribution in [0.5, 0.6) is 5.75 Å². The van der Waals surface area contributed by atoms with Crippen LogP contribution in [0.15, 0.2) is 48.8 Å². The van der Waals surface area contributed by atoms with Gasteiger partial charge in [-0.15, -0.1) is 0 Å². The molecule has 1 aromatic carbocycles. The van der Waals surface area contributed by atoms with Crippen molar-refractivity contribution in [3.8, 4) is 5.75 Å². The first kappa shape index (κ1) is 13.7. The Morgan fingerprint density at radius 1 is 1.30 bits per heavy atom. The van der Waals surface area contributed by atoms with Gasteiger partial charge in [-0.3, -0.25) is 4.98 Å². The van der Waals surface area contributed by atoms with Gasteiger partial charge < -0.3 is 9.84 Å². The van der Waals surface area contributed by atoms with Crippen molar-refractivity contribution in [1.82, 2.24) is 4.98 Å². The summed E-state index contributed by atoms with van der Waals surface area (Å²) in [5.41, 5.74) is 1.22. The van der Waals surface area contributed by atoms with Crippen LogP contribution in [0.2, 0.25) is 0 Å². The average Bonchev–Trinajstić information content (AvgIpc) is 2.45. The van der Waals surface area contributed by atoms with Gasteiger partial charge in [-0.05, 0) is 29.8 Å². The summed E-state index contributed by atoms with van der Waals surface area (Å²) in [6.07, 6.45) is 5.47. The number of carbonyl (C=O) groups is 1. The number of halogens is 1. The highest BCUT2D eigenvalue weighted by Gasteiger charge is 2.08. The van der Waals surface area contributed by atoms with Crippen molar-refractivity contribution in [1.29, 1.82) is 0 Å². The van der Waals surface area contributed by atoms with E-state index < -0.39 is 11.8 Å². The Bertz CT molecular complexity index is 626. The molecule has 0 unspecified atom stereocenters. The predicted molar refractivity (Wildman–Crippen MR) is 71.6 cm³/mol. The van der Waals surface area contributed by atoms with Gasteiger partial charge in [0.15, 0.2) is 11.6 Å². The summed E-state index contributed by atoms with van der Waals surface area (Å²) in [4.78, 5) is 14.4. The zero-order valence-corrected chi connectivity index (χ0v) is 10.5. The monoisotopic (exact) mass is 273 g/mol. The summed E-state index contributed by atoms with van der Waals surface area (Å²) in [7, 11) is 0. The second kappa shape index (κ2) is 6.47. The van der Waals surface area contributed by atoms with Gasteiger partial charge in [0, 0.05) is 24.0 Å². The lowest BCUT2D eigenvalue weighted by Gasteiger charge is -2.10. The molecule has 0 saturated carbocycles. The number of hydrogen-bond acceptors (Lipinski definition) is 3. The van der Waals surface area contributed by atoms with Gasteiger partial charge in [-0.25, -0.2) is 9.18 Å². The molecule has 0 spiro atoms. The molecule has 0 fully saturated rings. The van der Waals surface area contributed by atoms with E-state index in [0.717, 1.165) is 11.6 Å². The molecule has 1 aromatic heterocycles. The van der Waals surface area contributed by atoms with E-state index >= 15 is 0 Å². The van der Waals surface area contributed by atoms with Gasteiger partial charge in [0.2, 0.25) is 0 Å². The fourth-order valence-corrected chi connectivity index (χ4v) is 1.60. The van der Waals surface area contributed by atoms with Gasteiger partial charge in [0.25, 0.3) is 0 Å². The minimum atomic E-state index is -1.10. The minimum Gasteiger partial charge on any atom is -0.485 e. The Labute approximate surface area is 115 Å². The molecule has 0 bridgehead atoms. The van der Waals surface area contributed by atoms with Crippen LogP contribution in [0.3, 0.4) is 0 Å². The zero-order chi connectivity index (χ0) is 14.4. The SMILES string of the molecule is O=C(O)/C=C/c1cccc(F)c1OCc1ccncc1. The van der Waals surface area contributed by atoms with Crippen molar-refractivity contribution in [3.05, 3.63) is 65.7 Å². The van der Waals surface area contributed by atoms with Crippen LogP contribution in [-0.4, -0.2) is 16.1 Å². The van der Waals surface area contributed by atoms with Gasteiger partial charge in [0.05, 0.1) is 0 Å². The summed E-state index contributed by atoms with van der Waals surface area (Å²) < 4.78 is 19.2. The molecule has 0 aliphatic carbocycles. The molecule has 0 saturated heterocycles. The topological polar surface area (TPSA) is 59.4 Å². The quantitative estimate of drug-likeness (QED) is 0.851. The Balaban J connectivity index is 2.19. The maximum absolute atomic E-state index is 13.8. The summed E-state index contributed by atoms with van der Waals surface area (Å²) in [6, 6.07) is 7.86. The fraction of sp³-hybridized carbons (Fsp3) is 0.0667. The predicted octanol–water partition coefficient (Wildman–Crippen LogP) is 2.90. The lowest BCUT2D eigenvalue weighted by Crippen LogP contribution is -1.99. The highest BCUT2D eigenvalue weighted by molar-refractivity contribution is 5.85. The number of benzene rings is 1. The molecule has 2 rings (SSSR count). The van der Waals surface area contributed by atoms with Crippen molar-refractivity contribution in [3.63, 3.8) is 0 Å². The summed E-state index contributed by atoms with van der Waals surface area (Å²) in [6.45, 7) is 0.178. The zero-order valence-electron chi connectivity index (χ0n) is 10.5. The smallest absolute Gasteiger partial charge is 0.328 e. The number of rotatable bonds is 5. The number of aliphatic carboxylic acids is 1. The molecule has 0 amide bonds. The third kappa shape index (κ3) is 3.65. The standard InChI is InChI=1S/C15H12FNO3/c16-13-3-1-2-12(4-5-14(18)19)15(13)20-10-11-6-8-17-9-7-11/h1-9H,10H2,(H,18,19)/b5-4+. The largest absolute Gasteiger partial charge is 0.485 e. The van der Waals surface area contributed by atoms with Gasteiger partial charge in [-0.1, -0.05) is 12.1 Å². The average molecular weight is 273 g/mol. The minimum absolute atomic E-state index is 0.0295. The van der Waals surface area contributed by atoms with E-state index in [4.69, 9.17) is 9.84 Å². The summed E-state index contributed by atoms with van der Waals surface area (Å²) in [5, 5.41) is 8.61. The Morgan fingerprint density at radius 2 is 2.05 bits per heavy atom. The van der Waals surface area contributed by atoms with Gasteiger partial charge in [0.1, 0.15) is 6.61 Å². The van der Waals surface area contributed by atoms with E-state index in [9.17, 15) is 9.18 Å². The molecule has 4 nitrogen and oxygen atoms in total. The lowest BCUT2D eigenvalue weighted by molar-refractivity contribution is -0.131. The first-order valence-corrected chi connectivity index (χ1v) is 5.88. The van der Waals surface area contributed by atoms with Crippen molar-refractivity contribution in [2.45, 2.75) is 6.61 Å².